The lowest BCUT2D eigenvalue weighted by Crippen LogP contribution is -2.32. The normalized spacial score (nSPS) is 15.4. The molecule has 0 aromatic carbocycles. The molecule has 1 aliphatic rings. The van der Waals surface area contributed by atoms with Gasteiger partial charge in [0.2, 0.25) is 0 Å². The van der Waals surface area contributed by atoms with E-state index in [0.717, 1.165) is 24.1 Å². The van der Waals surface area contributed by atoms with Gasteiger partial charge in [0.15, 0.2) is 0 Å². The standard InChI is InChI=1S/C15H25N3O2/c1-3-20-14(19)10-7-11-18(17)12(2)15(16)13-8-5-4-6-9-13/h5,8-9H,3-4,6-7,10-11,16-17H2,1-2H3/b15-12-. The number of carbonyl (C=O) groups is 1. The van der Waals surface area contributed by atoms with Crippen LogP contribution in [0.15, 0.2) is 35.2 Å². The van der Waals surface area contributed by atoms with Crippen molar-refractivity contribution in [1.82, 2.24) is 5.01 Å². The van der Waals surface area contributed by atoms with Crippen molar-refractivity contribution in [3.8, 4) is 0 Å². The molecule has 5 nitrogen and oxygen atoms in total. The molecule has 112 valence electrons. The zero-order valence-electron chi connectivity index (χ0n) is 12.4. The summed E-state index contributed by atoms with van der Waals surface area (Å²) in [7, 11) is 0. The molecule has 0 saturated heterocycles. The van der Waals surface area contributed by atoms with E-state index in [1.807, 2.05) is 13.0 Å². The summed E-state index contributed by atoms with van der Waals surface area (Å²) in [5.74, 6) is 5.79. The Morgan fingerprint density at radius 2 is 2.20 bits per heavy atom. The Morgan fingerprint density at radius 1 is 1.45 bits per heavy atom. The van der Waals surface area contributed by atoms with E-state index >= 15 is 0 Å². The largest absolute Gasteiger partial charge is 0.466 e. The summed E-state index contributed by atoms with van der Waals surface area (Å²) in [4.78, 5) is 11.2. The van der Waals surface area contributed by atoms with E-state index < -0.39 is 0 Å². The van der Waals surface area contributed by atoms with Gasteiger partial charge in [-0.3, -0.25) is 4.79 Å². The molecule has 0 aromatic rings. The SMILES string of the molecule is CCOC(=O)CCCN(N)/C(C)=C(\N)C1=CCCC=C1. The first-order valence-electron chi connectivity index (χ1n) is 7.07. The Morgan fingerprint density at radius 3 is 2.80 bits per heavy atom. The van der Waals surface area contributed by atoms with Crippen molar-refractivity contribution >= 4 is 5.97 Å². The molecular weight excluding hydrogens is 254 g/mol. The van der Waals surface area contributed by atoms with Gasteiger partial charge in [-0.2, -0.15) is 0 Å². The van der Waals surface area contributed by atoms with E-state index in [4.69, 9.17) is 16.3 Å². The first kappa shape index (κ1) is 16.3. The zero-order chi connectivity index (χ0) is 15.0. The molecule has 0 aromatic heterocycles. The minimum atomic E-state index is -0.187. The van der Waals surface area contributed by atoms with Crippen LogP contribution in [-0.4, -0.2) is 24.1 Å². The number of hydrogen-bond donors (Lipinski definition) is 2. The van der Waals surface area contributed by atoms with Crippen molar-refractivity contribution in [1.29, 1.82) is 0 Å². The fraction of sp³-hybridized carbons (Fsp3) is 0.533. The van der Waals surface area contributed by atoms with Crippen molar-refractivity contribution in [2.45, 2.75) is 39.5 Å². The van der Waals surface area contributed by atoms with Crippen molar-refractivity contribution in [2.24, 2.45) is 11.6 Å². The highest BCUT2D eigenvalue weighted by atomic mass is 16.5. The zero-order valence-corrected chi connectivity index (χ0v) is 12.4. The van der Waals surface area contributed by atoms with Crippen molar-refractivity contribution < 1.29 is 9.53 Å². The number of ether oxygens (including phenoxy) is 1. The number of carbonyl (C=O) groups excluding carboxylic acids is 1. The third kappa shape index (κ3) is 5.09. The van der Waals surface area contributed by atoms with Gasteiger partial charge in [0, 0.05) is 18.7 Å². The molecule has 0 fully saturated rings. The molecule has 0 saturated carbocycles. The van der Waals surface area contributed by atoms with Gasteiger partial charge in [-0.1, -0.05) is 18.2 Å². The number of nitrogens with zero attached hydrogens (tertiary/aromatic N) is 1. The maximum atomic E-state index is 11.2. The molecule has 0 atom stereocenters. The number of hydrazine groups is 1. The number of rotatable bonds is 7. The Balaban J connectivity index is 2.49. The van der Waals surface area contributed by atoms with Crippen molar-refractivity contribution in [3.05, 3.63) is 35.2 Å². The van der Waals surface area contributed by atoms with Crippen LogP contribution >= 0.6 is 0 Å². The Hall–Kier alpha value is -1.75. The molecule has 5 heteroatoms. The van der Waals surface area contributed by atoms with Gasteiger partial charge >= 0.3 is 5.97 Å². The molecular formula is C15H25N3O2. The van der Waals surface area contributed by atoms with Crippen molar-refractivity contribution in [3.63, 3.8) is 0 Å². The van der Waals surface area contributed by atoms with Gasteiger partial charge in [0.05, 0.1) is 12.3 Å². The summed E-state index contributed by atoms with van der Waals surface area (Å²) in [6.45, 7) is 4.68. The van der Waals surface area contributed by atoms with Gasteiger partial charge in [-0.25, -0.2) is 5.84 Å². The molecule has 0 amide bonds. The Kier molecular flexibility index (Phi) is 6.87. The smallest absolute Gasteiger partial charge is 0.305 e. The van der Waals surface area contributed by atoms with Gasteiger partial charge in [0.25, 0.3) is 0 Å². The average Bonchev–Trinajstić information content (AvgIpc) is 2.46. The Bertz CT molecular complexity index is 425. The molecule has 4 N–H and O–H groups in total. The minimum Gasteiger partial charge on any atom is -0.466 e. The van der Waals surface area contributed by atoms with Crippen LogP contribution in [0.4, 0.5) is 0 Å². The van der Waals surface area contributed by atoms with Gasteiger partial charge < -0.3 is 15.5 Å². The first-order chi connectivity index (χ1) is 9.56. The van der Waals surface area contributed by atoms with Crippen LogP contribution in [-0.2, 0) is 9.53 Å². The predicted molar refractivity (Wildman–Crippen MR) is 80.1 cm³/mol. The predicted octanol–water partition coefficient (Wildman–Crippen LogP) is 1.97. The van der Waals surface area contributed by atoms with Gasteiger partial charge in [-0.15, -0.1) is 0 Å². The minimum absolute atomic E-state index is 0.187. The van der Waals surface area contributed by atoms with Gasteiger partial charge in [-0.05, 0) is 38.7 Å². The fourth-order valence-corrected chi connectivity index (χ4v) is 1.97. The Labute approximate surface area is 120 Å². The summed E-state index contributed by atoms with van der Waals surface area (Å²) in [6.07, 6.45) is 9.33. The molecule has 1 aliphatic carbocycles. The van der Waals surface area contributed by atoms with Crippen LogP contribution in [0.3, 0.4) is 0 Å². The second-order valence-corrected chi connectivity index (χ2v) is 4.74. The molecule has 0 bridgehead atoms. The summed E-state index contributed by atoms with van der Waals surface area (Å²) >= 11 is 0. The van der Waals surface area contributed by atoms with E-state index in [2.05, 4.69) is 12.2 Å². The lowest BCUT2D eigenvalue weighted by atomic mass is 10.0. The quantitative estimate of drug-likeness (QED) is 0.423. The fourth-order valence-electron chi connectivity index (χ4n) is 1.97. The lowest BCUT2D eigenvalue weighted by molar-refractivity contribution is -0.143. The van der Waals surface area contributed by atoms with Crippen molar-refractivity contribution in [2.75, 3.05) is 13.2 Å². The molecule has 0 radical (unpaired) electrons. The number of allylic oxidation sites excluding steroid dienone is 4. The maximum absolute atomic E-state index is 11.2. The number of hydrogen-bond acceptors (Lipinski definition) is 5. The topological polar surface area (TPSA) is 81.6 Å². The summed E-state index contributed by atoms with van der Waals surface area (Å²) in [5, 5.41) is 1.60. The highest BCUT2D eigenvalue weighted by Crippen LogP contribution is 2.18. The molecule has 20 heavy (non-hydrogen) atoms. The van der Waals surface area contributed by atoms with Gasteiger partial charge in [0.1, 0.15) is 0 Å². The summed E-state index contributed by atoms with van der Waals surface area (Å²) < 4.78 is 4.87. The van der Waals surface area contributed by atoms with Crippen LogP contribution < -0.4 is 11.6 Å². The summed E-state index contributed by atoms with van der Waals surface area (Å²) in [5.41, 5.74) is 8.66. The monoisotopic (exact) mass is 279 g/mol. The third-order valence-electron chi connectivity index (χ3n) is 3.21. The maximum Gasteiger partial charge on any atom is 0.305 e. The highest BCUT2D eigenvalue weighted by molar-refractivity contribution is 5.69. The van der Waals surface area contributed by atoms with Crippen LogP contribution in [0.5, 0.6) is 0 Å². The van der Waals surface area contributed by atoms with Crippen LogP contribution in [0.25, 0.3) is 0 Å². The first-order valence-corrected chi connectivity index (χ1v) is 7.07. The number of nitrogens with two attached hydrogens (primary N) is 2. The van der Waals surface area contributed by atoms with Crippen LogP contribution in [0.1, 0.15) is 39.5 Å². The van der Waals surface area contributed by atoms with E-state index in [0.29, 0.717) is 31.7 Å². The second kappa shape index (κ2) is 8.43. The highest BCUT2D eigenvalue weighted by Gasteiger charge is 2.10. The van der Waals surface area contributed by atoms with E-state index in [1.165, 1.54) is 0 Å². The lowest BCUT2D eigenvalue weighted by Gasteiger charge is -2.22. The average molecular weight is 279 g/mol. The molecule has 0 aliphatic heterocycles. The summed E-state index contributed by atoms with van der Waals surface area (Å²) in [6, 6.07) is 0. The molecule has 0 unspecified atom stereocenters. The van der Waals surface area contributed by atoms with E-state index in [1.54, 1.807) is 11.9 Å². The molecule has 0 heterocycles. The molecule has 1 rings (SSSR count). The van der Waals surface area contributed by atoms with Crippen LogP contribution in [0.2, 0.25) is 0 Å². The third-order valence-corrected chi connectivity index (χ3v) is 3.21. The van der Waals surface area contributed by atoms with Crippen LogP contribution in [0, 0.1) is 0 Å². The molecule has 0 spiro atoms. The van der Waals surface area contributed by atoms with E-state index in [-0.39, 0.29) is 5.97 Å². The second-order valence-electron chi connectivity index (χ2n) is 4.74. The van der Waals surface area contributed by atoms with E-state index in [9.17, 15) is 4.79 Å². The number of esters is 1.